The van der Waals surface area contributed by atoms with Crippen LogP contribution in [0, 0.1) is 57.7 Å². The topological polar surface area (TPSA) is 162 Å². The summed E-state index contributed by atoms with van der Waals surface area (Å²) in [5, 5.41) is 13.8. The van der Waals surface area contributed by atoms with E-state index >= 15 is 0 Å². The van der Waals surface area contributed by atoms with Gasteiger partial charge in [-0.25, -0.2) is 9.59 Å². The van der Waals surface area contributed by atoms with Crippen LogP contribution in [0.5, 0.6) is 0 Å². The van der Waals surface area contributed by atoms with Gasteiger partial charge in [-0.15, -0.1) is 0 Å². The number of carboxylic acid groups (broad SMARTS) is 1. The predicted octanol–water partition coefficient (Wildman–Crippen LogP) is 6.89. The first kappa shape index (κ1) is 35.1. The van der Waals surface area contributed by atoms with Crippen LogP contribution in [0.2, 0.25) is 0 Å². The van der Waals surface area contributed by atoms with E-state index in [0.717, 1.165) is 63.4 Å². The van der Waals surface area contributed by atoms with Gasteiger partial charge in [0.15, 0.2) is 23.9 Å². The zero-order valence-corrected chi connectivity index (χ0v) is 30.6. The van der Waals surface area contributed by atoms with Gasteiger partial charge in [0.1, 0.15) is 11.5 Å². The van der Waals surface area contributed by atoms with Crippen molar-refractivity contribution >= 4 is 23.8 Å². The van der Waals surface area contributed by atoms with E-state index in [4.69, 9.17) is 18.3 Å². The number of nitrogens with one attached hydrogen (secondary N) is 1. The molecule has 0 aliphatic heterocycles. The van der Waals surface area contributed by atoms with Crippen LogP contribution in [0.4, 0.5) is 4.79 Å². The quantitative estimate of drug-likeness (QED) is 0.300. The van der Waals surface area contributed by atoms with E-state index in [1.165, 1.54) is 0 Å². The Bertz CT molecular complexity index is 1720. The molecule has 5 fully saturated rings. The van der Waals surface area contributed by atoms with Crippen LogP contribution in [0.3, 0.4) is 0 Å². The maximum Gasteiger partial charge on any atom is 0.519 e. The second-order valence-corrected chi connectivity index (χ2v) is 18.2. The number of fused-ring (bicyclic) bond motifs is 7. The van der Waals surface area contributed by atoms with Crippen molar-refractivity contribution in [2.45, 2.75) is 137 Å². The summed E-state index contributed by atoms with van der Waals surface area (Å²) in [6, 6.07) is 0. The standard InChI is InChI=1S/C39H53NO10/c1-21-25(49-33(46)48-21)20-47-32(45)40-39(7)13-8-12-35(3)26(39)11-14-38(6)28(35)24(41)19-23-27-29(50-30(42)22-9-10-22)36(4,31(43)44)17-15-34(27,2)16-18-37(23,38)5/h19,22,26-29H,8-18,20H2,1-7H3,(H,40,45)(H,43,44). The SMILES string of the molecule is Cc1oc(=O)oc1COC(=O)NC1(C)CCCC2(C)C1CCC1(C)C2C(=O)C=C2C3C(OC(=O)C4CC4)C(C)(C(=O)O)CCC3(C)CCC21C. The molecular weight excluding hydrogens is 642 g/mol. The number of esters is 1. The molecule has 1 aromatic heterocycles. The summed E-state index contributed by atoms with van der Waals surface area (Å²) in [4.78, 5) is 65.8. The fourth-order valence-electron chi connectivity index (χ4n) is 12.0. The highest BCUT2D eigenvalue weighted by atomic mass is 16.6. The highest BCUT2D eigenvalue weighted by Gasteiger charge is 2.72. The van der Waals surface area contributed by atoms with Gasteiger partial charge < -0.3 is 28.7 Å². The Balaban J connectivity index is 1.22. The number of hydrogen-bond acceptors (Lipinski definition) is 9. The van der Waals surface area contributed by atoms with Gasteiger partial charge in [0, 0.05) is 17.4 Å². The first-order valence-corrected chi connectivity index (χ1v) is 18.6. The van der Waals surface area contributed by atoms with Crippen LogP contribution in [0.25, 0.3) is 0 Å². The summed E-state index contributed by atoms with van der Waals surface area (Å²) in [5.41, 5.74) is -2.50. The number of ether oxygens (including phenoxy) is 2. The highest BCUT2D eigenvalue weighted by molar-refractivity contribution is 5.96. The van der Waals surface area contributed by atoms with Crippen LogP contribution >= 0.6 is 0 Å². The Kier molecular flexibility index (Phi) is 7.93. The summed E-state index contributed by atoms with van der Waals surface area (Å²) >= 11 is 0. The molecule has 11 heteroatoms. The number of aryl methyl sites for hydroxylation is 1. The molecule has 0 aromatic carbocycles. The van der Waals surface area contributed by atoms with E-state index in [1.54, 1.807) is 13.8 Å². The fraction of sp³-hybridized carbons (Fsp3) is 0.769. The molecule has 1 aromatic rings. The molecule has 11 nitrogen and oxygen atoms in total. The Labute approximate surface area is 293 Å². The smallest absolute Gasteiger partial charge is 0.481 e. The van der Waals surface area contributed by atoms with E-state index in [-0.39, 0.29) is 59.0 Å². The monoisotopic (exact) mass is 695 g/mol. The largest absolute Gasteiger partial charge is 0.519 e. The van der Waals surface area contributed by atoms with Gasteiger partial charge >= 0.3 is 23.9 Å². The Morgan fingerprint density at radius 2 is 1.62 bits per heavy atom. The summed E-state index contributed by atoms with van der Waals surface area (Å²) in [6.07, 6.45) is 8.69. The summed E-state index contributed by atoms with van der Waals surface area (Å²) in [6.45, 7) is 14.1. The van der Waals surface area contributed by atoms with Crippen molar-refractivity contribution in [1.82, 2.24) is 5.32 Å². The number of aliphatic carboxylic acids is 1. The molecular formula is C39H53NO10. The van der Waals surface area contributed by atoms with Crippen LogP contribution in [0.15, 0.2) is 25.3 Å². The Morgan fingerprint density at radius 3 is 2.26 bits per heavy atom. The lowest BCUT2D eigenvalue weighted by atomic mass is 9.34. The van der Waals surface area contributed by atoms with Crippen molar-refractivity contribution in [1.29, 1.82) is 0 Å². The highest BCUT2D eigenvalue weighted by Crippen LogP contribution is 2.74. The molecule has 2 N–H and O–H groups in total. The molecule has 10 atom stereocenters. The summed E-state index contributed by atoms with van der Waals surface area (Å²) in [5.74, 6) is -2.49. The van der Waals surface area contributed by atoms with Gasteiger partial charge in [0.2, 0.25) is 0 Å². The molecule has 0 saturated heterocycles. The first-order chi connectivity index (χ1) is 23.3. The number of amides is 1. The maximum absolute atomic E-state index is 14.9. The summed E-state index contributed by atoms with van der Waals surface area (Å²) < 4.78 is 21.7. The van der Waals surface area contributed by atoms with Crippen molar-refractivity contribution in [3.63, 3.8) is 0 Å². The minimum Gasteiger partial charge on any atom is -0.481 e. The van der Waals surface area contributed by atoms with Crippen LogP contribution in [-0.2, 0) is 30.5 Å². The van der Waals surface area contributed by atoms with E-state index in [0.29, 0.717) is 12.8 Å². The molecule has 6 aliphatic carbocycles. The van der Waals surface area contributed by atoms with Crippen molar-refractivity contribution < 1.29 is 42.6 Å². The second-order valence-electron chi connectivity index (χ2n) is 18.2. The van der Waals surface area contributed by atoms with E-state index in [1.807, 2.05) is 6.08 Å². The number of rotatable bonds is 6. The Hall–Kier alpha value is -3.37. The van der Waals surface area contributed by atoms with Gasteiger partial charge in [-0.3, -0.25) is 14.4 Å². The minimum atomic E-state index is -1.26. The van der Waals surface area contributed by atoms with Gasteiger partial charge in [-0.2, -0.15) is 0 Å². The van der Waals surface area contributed by atoms with Crippen molar-refractivity contribution in [2.24, 2.45) is 50.7 Å². The third-order valence-corrected chi connectivity index (χ3v) is 15.3. The predicted molar refractivity (Wildman–Crippen MR) is 180 cm³/mol. The zero-order valence-electron chi connectivity index (χ0n) is 30.6. The number of alkyl carbamates (subject to hydrolysis) is 1. The van der Waals surface area contributed by atoms with E-state index < -0.39 is 51.2 Å². The molecule has 1 heterocycles. The van der Waals surface area contributed by atoms with E-state index in [9.17, 15) is 29.1 Å². The number of carbonyl (C=O) groups is 4. The number of ketones is 1. The average Bonchev–Trinajstić information content (AvgIpc) is 3.82. The molecule has 0 spiro atoms. The molecule has 5 saturated carbocycles. The summed E-state index contributed by atoms with van der Waals surface area (Å²) in [7, 11) is 0. The maximum atomic E-state index is 14.9. The van der Waals surface area contributed by atoms with Gasteiger partial charge in [0.05, 0.1) is 5.92 Å². The van der Waals surface area contributed by atoms with Crippen LogP contribution < -0.4 is 11.1 Å². The Morgan fingerprint density at radius 1 is 0.920 bits per heavy atom. The fourth-order valence-corrected chi connectivity index (χ4v) is 12.0. The number of carboxylic acids is 1. The first-order valence-electron chi connectivity index (χ1n) is 18.6. The molecule has 1 amide bonds. The van der Waals surface area contributed by atoms with Crippen LogP contribution in [0.1, 0.15) is 124 Å². The number of allylic oxidation sites excluding steroid dienone is 1. The zero-order chi connectivity index (χ0) is 36.2. The van der Waals surface area contributed by atoms with E-state index in [2.05, 4.69) is 39.9 Å². The molecule has 274 valence electrons. The number of carbonyl (C=O) groups excluding carboxylic acids is 3. The van der Waals surface area contributed by atoms with Crippen LogP contribution in [-0.4, -0.2) is 40.6 Å². The van der Waals surface area contributed by atoms with Gasteiger partial charge in [0.25, 0.3) is 0 Å². The normalized spacial score (nSPS) is 43.7. The molecule has 50 heavy (non-hydrogen) atoms. The van der Waals surface area contributed by atoms with Gasteiger partial charge in [-0.1, -0.05) is 39.7 Å². The van der Waals surface area contributed by atoms with Gasteiger partial charge in [-0.05, 0) is 119 Å². The molecule has 0 bridgehead atoms. The van der Waals surface area contributed by atoms with Crippen molar-refractivity contribution in [3.05, 3.63) is 33.8 Å². The third-order valence-electron chi connectivity index (χ3n) is 15.3. The molecule has 10 unspecified atom stereocenters. The lowest BCUT2D eigenvalue weighted by molar-refractivity contribution is -0.201. The molecule has 7 rings (SSSR count). The lowest BCUT2D eigenvalue weighted by Gasteiger charge is -2.70. The molecule has 0 radical (unpaired) electrons. The molecule has 6 aliphatic rings. The average molecular weight is 696 g/mol. The number of hydrogen-bond donors (Lipinski definition) is 2. The second kappa shape index (κ2) is 11.3. The van der Waals surface area contributed by atoms with Crippen molar-refractivity contribution in [2.75, 3.05) is 0 Å². The van der Waals surface area contributed by atoms with Crippen molar-refractivity contribution in [3.8, 4) is 0 Å². The lowest BCUT2D eigenvalue weighted by Crippen LogP contribution is -2.69. The minimum absolute atomic E-state index is 0.00319. The third kappa shape index (κ3) is 4.98.